The third-order valence-corrected chi connectivity index (χ3v) is 2.64. The van der Waals surface area contributed by atoms with Crippen LogP contribution in [0.5, 0.6) is 0 Å². The number of carbonyl (C=O) groups excluding carboxylic acids is 1. The molecule has 5 nitrogen and oxygen atoms in total. The van der Waals surface area contributed by atoms with E-state index in [2.05, 4.69) is 10.4 Å². The van der Waals surface area contributed by atoms with Gasteiger partial charge in [0.15, 0.2) is 0 Å². The summed E-state index contributed by atoms with van der Waals surface area (Å²) in [5, 5.41) is 7.40. The quantitative estimate of drug-likeness (QED) is 0.728. The Morgan fingerprint density at radius 3 is 3.13 bits per heavy atom. The molecule has 1 N–H and O–H groups in total. The van der Waals surface area contributed by atoms with Gasteiger partial charge in [-0.3, -0.25) is 9.48 Å². The zero-order valence-corrected chi connectivity index (χ0v) is 9.10. The molecular formula is C10H16N4O. The molecule has 0 radical (unpaired) electrons. The van der Waals surface area contributed by atoms with Crippen LogP contribution in [0.25, 0.3) is 0 Å². The van der Waals surface area contributed by atoms with Crippen LogP contribution in [-0.2, 0) is 18.4 Å². The van der Waals surface area contributed by atoms with Crippen molar-refractivity contribution < 1.29 is 4.79 Å². The number of amides is 1. The normalized spacial score (nSPS) is 22.1. The first kappa shape index (κ1) is 10.2. The Balaban J connectivity index is 2.02. The number of nitrogens with zero attached hydrogens (tertiary/aromatic N) is 3. The molecule has 2 heterocycles. The second-order valence-electron chi connectivity index (χ2n) is 3.92. The molecule has 1 saturated heterocycles. The average molecular weight is 208 g/mol. The van der Waals surface area contributed by atoms with Gasteiger partial charge in [-0.2, -0.15) is 5.10 Å². The van der Waals surface area contributed by atoms with Crippen molar-refractivity contribution in [3.8, 4) is 0 Å². The summed E-state index contributed by atoms with van der Waals surface area (Å²) < 4.78 is 1.76. The molecule has 1 aliphatic rings. The number of nitrogens with one attached hydrogen (secondary N) is 1. The number of carbonyl (C=O) groups is 1. The maximum absolute atomic E-state index is 11.8. The van der Waals surface area contributed by atoms with Gasteiger partial charge in [-0.1, -0.05) is 0 Å². The largest absolute Gasteiger partial charge is 0.334 e. The summed E-state index contributed by atoms with van der Waals surface area (Å²) in [7, 11) is 1.88. The minimum Gasteiger partial charge on any atom is -0.334 e. The lowest BCUT2D eigenvalue weighted by Gasteiger charge is -2.30. The first-order chi connectivity index (χ1) is 7.16. The maximum atomic E-state index is 11.8. The molecule has 1 aromatic rings. The minimum atomic E-state index is -0.0672. The van der Waals surface area contributed by atoms with E-state index < -0.39 is 0 Å². The second-order valence-corrected chi connectivity index (χ2v) is 3.92. The molecular weight excluding hydrogens is 192 g/mol. The number of aromatic nitrogens is 2. The van der Waals surface area contributed by atoms with Gasteiger partial charge in [0.2, 0.25) is 5.91 Å². The number of piperazine rings is 1. The van der Waals surface area contributed by atoms with Crippen LogP contribution in [0.3, 0.4) is 0 Å². The SMILES string of the molecule is CC1NCCN(Cc2ccn(C)n2)C1=O. The van der Waals surface area contributed by atoms with Crippen LogP contribution in [0.4, 0.5) is 0 Å². The summed E-state index contributed by atoms with van der Waals surface area (Å²) in [5.41, 5.74) is 0.944. The van der Waals surface area contributed by atoms with E-state index in [0.29, 0.717) is 6.54 Å². The minimum absolute atomic E-state index is 0.0672. The number of rotatable bonds is 2. The molecule has 1 atom stereocenters. The molecule has 2 rings (SSSR count). The molecule has 0 aromatic carbocycles. The summed E-state index contributed by atoms with van der Waals surface area (Å²) in [6, 6.07) is 1.88. The third kappa shape index (κ3) is 2.18. The lowest BCUT2D eigenvalue weighted by molar-refractivity contribution is -0.135. The van der Waals surface area contributed by atoms with Gasteiger partial charge >= 0.3 is 0 Å². The molecule has 1 unspecified atom stereocenters. The number of hydrogen-bond acceptors (Lipinski definition) is 3. The van der Waals surface area contributed by atoms with Crippen molar-refractivity contribution in [1.82, 2.24) is 20.0 Å². The number of aryl methyl sites for hydroxylation is 1. The zero-order valence-electron chi connectivity index (χ0n) is 9.10. The van der Waals surface area contributed by atoms with Gasteiger partial charge in [0.1, 0.15) is 0 Å². The second kappa shape index (κ2) is 4.02. The van der Waals surface area contributed by atoms with E-state index in [9.17, 15) is 4.79 Å². The molecule has 0 spiro atoms. The fourth-order valence-electron chi connectivity index (χ4n) is 1.79. The lowest BCUT2D eigenvalue weighted by Crippen LogP contribution is -2.53. The predicted molar refractivity (Wildman–Crippen MR) is 56.1 cm³/mol. The summed E-state index contributed by atoms with van der Waals surface area (Å²) in [6.07, 6.45) is 1.89. The van der Waals surface area contributed by atoms with Crippen molar-refractivity contribution in [2.24, 2.45) is 7.05 Å². The first-order valence-corrected chi connectivity index (χ1v) is 5.17. The Hall–Kier alpha value is -1.36. The molecule has 0 bridgehead atoms. The van der Waals surface area contributed by atoms with Crippen molar-refractivity contribution in [3.05, 3.63) is 18.0 Å². The zero-order chi connectivity index (χ0) is 10.8. The Labute approximate surface area is 89.1 Å². The summed E-state index contributed by atoms with van der Waals surface area (Å²) in [4.78, 5) is 13.6. The van der Waals surface area contributed by atoms with Crippen LogP contribution in [0.1, 0.15) is 12.6 Å². The third-order valence-electron chi connectivity index (χ3n) is 2.64. The first-order valence-electron chi connectivity index (χ1n) is 5.17. The van der Waals surface area contributed by atoms with Gasteiger partial charge in [0.05, 0.1) is 18.3 Å². The molecule has 1 aromatic heterocycles. The van der Waals surface area contributed by atoms with E-state index >= 15 is 0 Å². The Bertz CT molecular complexity index is 360. The van der Waals surface area contributed by atoms with Crippen LogP contribution in [0.15, 0.2) is 12.3 Å². The molecule has 82 valence electrons. The molecule has 0 aliphatic carbocycles. The van der Waals surface area contributed by atoms with E-state index in [1.165, 1.54) is 0 Å². The Morgan fingerprint density at radius 2 is 2.47 bits per heavy atom. The van der Waals surface area contributed by atoms with Crippen molar-refractivity contribution in [2.75, 3.05) is 13.1 Å². The van der Waals surface area contributed by atoms with Gasteiger partial charge in [0.25, 0.3) is 0 Å². The van der Waals surface area contributed by atoms with Gasteiger partial charge < -0.3 is 10.2 Å². The fraction of sp³-hybridized carbons (Fsp3) is 0.600. The van der Waals surface area contributed by atoms with Crippen molar-refractivity contribution in [1.29, 1.82) is 0 Å². The van der Waals surface area contributed by atoms with E-state index in [-0.39, 0.29) is 11.9 Å². The van der Waals surface area contributed by atoms with Crippen LogP contribution in [0.2, 0.25) is 0 Å². The highest BCUT2D eigenvalue weighted by Crippen LogP contribution is 2.06. The van der Waals surface area contributed by atoms with Crippen molar-refractivity contribution >= 4 is 5.91 Å². The monoisotopic (exact) mass is 208 g/mol. The maximum Gasteiger partial charge on any atom is 0.239 e. The van der Waals surface area contributed by atoms with Gasteiger partial charge in [-0.05, 0) is 13.0 Å². The van der Waals surface area contributed by atoms with Gasteiger partial charge in [0, 0.05) is 26.3 Å². The predicted octanol–water partition coefficient (Wildman–Crippen LogP) is -0.260. The Morgan fingerprint density at radius 1 is 1.67 bits per heavy atom. The highest BCUT2D eigenvalue weighted by molar-refractivity contribution is 5.82. The fourth-order valence-corrected chi connectivity index (χ4v) is 1.79. The van der Waals surface area contributed by atoms with Crippen LogP contribution < -0.4 is 5.32 Å². The average Bonchev–Trinajstić information content (AvgIpc) is 2.59. The van der Waals surface area contributed by atoms with E-state index in [1.807, 2.05) is 31.1 Å². The van der Waals surface area contributed by atoms with Crippen LogP contribution in [0, 0.1) is 0 Å². The summed E-state index contributed by atoms with van der Waals surface area (Å²) in [5.74, 6) is 0.159. The van der Waals surface area contributed by atoms with E-state index in [0.717, 1.165) is 18.8 Å². The topological polar surface area (TPSA) is 50.2 Å². The summed E-state index contributed by atoms with van der Waals surface area (Å²) in [6.45, 7) is 4.14. The number of hydrogen-bond donors (Lipinski definition) is 1. The summed E-state index contributed by atoms with van der Waals surface area (Å²) >= 11 is 0. The van der Waals surface area contributed by atoms with Gasteiger partial charge in [-0.25, -0.2) is 0 Å². The Kier molecular flexibility index (Phi) is 2.73. The molecule has 15 heavy (non-hydrogen) atoms. The molecule has 1 amide bonds. The van der Waals surface area contributed by atoms with E-state index in [1.54, 1.807) is 4.68 Å². The molecule has 1 fully saturated rings. The molecule has 0 saturated carbocycles. The molecule has 1 aliphatic heterocycles. The standard InChI is InChI=1S/C10H16N4O/c1-8-10(15)14(6-4-11-8)7-9-3-5-13(2)12-9/h3,5,8,11H,4,6-7H2,1-2H3. The highest BCUT2D eigenvalue weighted by Gasteiger charge is 2.24. The molecule has 5 heteroatoms. The van der Waals surface area contributed by atoms with Crippen molar-refractivity contribution in [3.63, 3.8) is 0 Å². The van der Waals surface area contributed by atoms with Crippen molar-refractivity contribution in [2.45, 2.75) is 19.5 Å². The van der Waals surface area contributed by atoms with Gasteiger partial charge in [-0.15, -0.1) is 0 Å². The smallest absolute Gasteiger partial charge is 0.239 e. The van der Waals surface area contributed by atoms with E-state index in [4.69, 9.17) is 0 Å². The highest BCUT2D eigenvalue weighted by atomic mass is 16.2. The lowest BCUT2D eigenvalue weighted by atomic mass is 10.2. The van der Waals surface area contributed by atoms with Crippen LogP contribution >= 0.6 is 0 Å². The van der Waals surface area contributed by atoms with Crippen LogP contribution in [-0.4, -0.2) is 39.7 Å².